The van der Waals surface area contributed by atoms with E-state index in [1.54, 1.807) is 0 Å². The highest BCUT2D eigenvalue weighted by Gasteiger charge is 2.34. The number of nitriles is 1. The predicted molar refractivity (Wildman–Crippen MR) is 69.2 cm³/mol. The topological polar surface area (TPSA) is 40.9 Å². The summed E-state index contributed by atoms with van der Waals surface area (Å²) in [7, 11) is 0. The van der Waals surface area contributed by atoms with Gasteiger partial charge in [0.15, 0.2) is 0 Å². The monoisotopic (exact) mass is 233 g/mol. The van der Waals surface area contributed by atoms with E-state index in [9.17, 15) is 4.79 Å². The van der Waals surface area contributed by atoms with Crippen molar-refractivity contribution in [3.05, 3.63) is 12.2 Å². The second kappa shape index (κ2) is 6.00. The molecule has 1 rings (SSSR count). The molecule has 1 aliphatic carbocycles. The Bertz CT molecular complexity index is 339. The van der Waals surface area contributed by atoms with E-state index in [0.717, 1.165) is 19.3 Å². The SMILES string of the molecule is C=C(C)C1CCC(C)C(=O)C(C(C)CC#N)C1. The van der Waals surface area contributed by atoms with Crippen molar-refractivity contribution >= 4 is 5.78 Å². The van der Waals surface area contributed by atoms with Gasteiger partial charge in [-0.05, 0) is 38.0 Å². The Morgan fingerprint density at radius 2 is 2.24 bits per heavy atom. The van der Waals surface area contributed by atoms with Gasteiger partial charge in [-0.1, -0.05) is 26.0 Å². The summed E-state index contributed by atoms with van der Waals surface area (Å²) in [5.41, 5.74) is 1.18. The summed E-state index contributed by atoms with van der Waals surface area (Å²) in [6.07, 6.45) is 3.40. The molecule has 17 heavy (non-hydrogen) atoms. The van der Waals surface area contributed by atoms with Gasteiger partial charge in [0.05, 0.1) is 6.07 Å². The lowest BCUT2D eigenvalue weighted by atomic mass is 9.79. The molecule has 2 heteroatoms. The largest absolute Gasteiger partial charge is 0.299 e. The van der Waals surface area contributed by atoms with Gasteiger partial charge in [-0.3, -0.25) is 4.79 Å². The van der Waals surface area contributed by atoms with Crippen LogP contribution in [0.1, 0.15) is 46.5 Å². The Hall–Kier alpha value is -1.10. The average molecular weight is 233 g/mol. The number of Topliss-reactive ketones (excluding diaryl/α,β-unsaturated/α-hetero) is 1. The van der Waals surface area contributed by atoms with Crippen molar-refractivity contribution in [3.63, 3.8) is 0 Å². The minimum atomic E-state index is 0.0499. The van der Waals surface area contributed by atoms with E-state index < -0.39 is 0 Å². The summed E-state index contributed by atoms with van der Waals surface area (Å²) in [5, 5.41) is 8.79. The third-order valence-electron chi connectivity index (χ3n) is 4.13. The zero-order valence-electron chi connectivity index (χ0n) is 11.2. The van der Waals surface area contributed by atoms with Gasteiger partial charge in [0, 0.05) is 18.3 Å². The number of hydrogen-bond donors (Lipinski definition) is 0. The molecule has 0 aromatic heterocycles. The van der Waals surface area contributed by atoms with Crippen LogP contribution in [-0.4, -0.2) is 5.78 Å². The van der Waals surface area contributed by atoms with Gasteiger partial charge < -0.3 is 0 Å². The van der Waals surface area contributed by atoms with Crippen molar-refractivity contribution in [1.82, 2.24) is 0 Å². The quantitative estimate of drug-likeness (QED) is 0.550. The average Bonchev–Trinajstić information content (AvgIpc) is 2.41. The molecule has 1 fully saturated rings. The van der Waals surface area contributed by atoms with E-state index in [0.29, 0.717) is 18.1 Å². The Morgan fingerprint density at radius 1 is 1.59 bits per heavy atom. The minimum absolute atomic E-state index is 0.0499. The summed E-state index contributed by atoms with van der Waals surface area (Å²) in [4.78, 5) is 12.3. The molecule has 0 bridgehead atoms. The van der Waals surface area contributed by atoms with Crippen LogP contribution in [0.25, 0.3) is 0 Å². The first-order valence-corrected chi connectivity index (χ1v) is 6.53. The number of carbonyl (C=O) groups is 1. The molecule has 0 amide bonds. The fourth-order valence-corrected chi connectivity index (χ4v) is 2.75. The molecule has 0 aromatic carbocycles. The zero-order chi connectivity index (χ0) is 13.0. The number of carbonyl (C=O) groups excluding carboxylic acids is 1. The third kappa shape index (κ3) is 3.43. The van der Waals surface area contributed by atoms with Crippen LogP contribution in [-0.2, 0) is 4.79 Å². The summed E-state index contributed by atoms with van der Waals surface area (Å²) in [5.74, 6) is 1.18. The highest BCUT2D eigenvalue weighted by atomic mass is 16.1. The van der Waals surface area contributed by atoms with Crippen molar-refractivity contribution in [1.29, 1.82) is 5.26 Å². The number of ketones is 1. The lowest BCUT2D eigenvalue weighted by molar-refractivity contribution is -0.127. The van der Waals surface area contributed by atoms with Crippen LogP contribution >= 0.6 is 0 Å². The van der Waals surface area contributed by atoms with E-state index in [2.05, 4.69) is 19.6 Å². The maximum atomic E-state index is 12.3. The fraction of sp³-hybridized carbons (Fsp3) is 0.733. The van der Waals surface area contributed by atoms with E-state index >= 15 is 0 Å². The fourth-order valence-electron chi connectivity index (χ4n) is 2.75. The Labute approximate surface area is 105 Å². The molecule has 0 saturated heterocycles. The first-order chi connectivity index (χ1) is 7.97. The third-order valence-corrected chi connectivity index (χ3v) is 4.13. The second-order valence-corrected chi connectivity index (χ2v) is 5.61. The first-order valence-electron chi connectivity index (χ1n) is 6.53. The summed E-state index contributed by atoms with van der Waals surface area (Å²) >= 11 is 0. The number of allylic oxidation sites excluding steroid dienone is 1. The van der Waals surface area contributed by atoms with Crippen LogP contribution in [0.5, 0.6) is 0 Å². The minimum Gasteiger partial charge on any atom is -0.299 e. The van der Waals surface area contributed by atoms with Crippen molar-refractivity contribution in [3.8, 4) is 6.07 Å². The summed E-state index contributed by atoms with van der Waals surface area (Å²) in [6, 6.07) is 2.19. The molecule has 0 aromatic rings. The first kappa shape index (κ1) is 14.0. The molecule has 0 aliphatic heterocycles. The molecule has 1 aliphatic rings. The van der Waals surface area contributed by atoms with Crippen LogP contribution in [0, 0.1) is 35.0 Å². The Kier molecular flexibility index (Phi) is 4.93. The van der Waals surface area contributed by atoms with Gasteiger partial charge in [0.25, 0.3) is 0 Å². The van der Waals surface area contributed by atoms with E-state index in [1.165, 1.54) is 5.57 Å². The molecule has 94 valence electrons. The van der Waals surface area contributed by atoms with Crippen LogP contribution < -0.4 is 0 Å². The van der Waals surface area contributed by atoms with E-state index in [4.69, 9.17) is 5.26 Å². The molecule has 2 nitrogen and oxygen atoms in total. The number of rotatable bonds is 3. The molecule has 0 N–H and O–H groups in total. The molecule has 4 atom stereocenters. The molecular weight excluding hydrogens is 210 g/mol. The molecule has 0 radical (unpaired) electrons. The maximum Gasteiger partial charge on any atom is 0.139 e. The molecule has 0 spiro atoms. The van der Waals surface area contributed by atoms with Crippen LogP contribution in [0.3, 0.4) is 0 Å². The highest BCUT2D eigenvalue weighted by Crippen LogP contribution is 2.36. The van der Waals surface area contributed by atoms with Gasteiger partial charge in [-0.2, -0.15) is 5.26 Å². The maximum absolute atomic E-state index is 12.3. The van der Waals surface area contributed by atoms with Crippen molar-refractivity contribution in [2.45, 2.75) is 46.5 Å². The van der Waals surface area contributed by atoms with E-state index in [-0.39, 0.29) is 17.8 Å². The second-order valence-electron chi connectivity index (χ2n) is 5.61. The molecule has 0 heterocycles. The smallest absolute Gasteiger partial charge is 0.139 e. The lowest BCUT2D eigenvalue weighted by Gasteiger charge is -2.24. The molecular formula is C15H23NO. The zero-order valence-corrected chi connectivity index (χ0v) is 11.2. The lowest BCUT2D eigenvalue weighted by Crippen LogP contribution is -2.26. The standard InChI is InChI=1S/C15H23NO/c1-10(2)13-6-5-12(4)15(17)14(9-13)11(3)7-8-16/h11-14H,1,5-7,9H2,2-4H3. The number of nitrogens with zero attached hydrogens (tertiary/aromatic N) is 1. The van der Waals surface area contributed by atoms with Crippen LogP contribution in [0.15, 0.2) is 12.2 Å². The summed E-state index contributed by atoms with van der Waals surface area (Å²) in [6.45, 7) is 10.1. The highest BCUT2D eigenvalue weighted by molar-refractivity contribution is 5.83. The van der Waals surface area contributed by atoms with Gasteiger partial charge in [-0.25, -0.2) is 0 Å². The predicted octanol–water partition coefficient (Wildman–Crippen LogP) is 3.73. The van der Waals surface area contributed by atoms with Gasteiger partial charge in [-0.15, -0.1) is 0 Å². The molecule has 4 unspecified atom stereocenters. The normalized spacial score (nSPS) is 31.4. The van der Waals surface area contributed by atoms with Crippen molar-refractivity contribution in [2.75, 3.05) is 0 Å². The summed E-state index contributed by atoms with van der Waals surface area (Å²) < 4.78 is 0. The van der Waals surface area contributed by atoms with Gasteiger partial charge in [0.2, 0.25) is 0 Å². The van der Waals surface area contributed by atoms with Gasteiger partial charge >= 0.3 is 0 Å². The van der Waals surface area contributed by atoms with Crippen molar-refractivity contribution < 1.29 is 4.79 Å². The molecule has 1 saturated carbocycles. The van der Waals surface area contributed by atoms with E-state index in [1.807, 2.05) is 13.8 Å². The van der Waals surface area contributed by atoms with Crippen LogP contribution in [0.4, 0.5) is 0 Å². The Balaban J connectivity index is 2.86. The van der Waals surface area contributed by atoms with Crippen molar-refractivity contribution in [2.24, 2.45) is 23.7 Å². The van der Waals surface area contributed by atoms with Crippen LogP contribution in [0.2, 0.25) is 0 Å². The van der Waals surface area contributed by atoms with Gasteiger partial charge in [0.1, 0.15) is 5.78 Å². The Morgan fingerprint density at radius 3 is 2.76 bits per heavy atom. The number of hydrogen-bond acceptors (Lipinski definition) is 2.